The number of carbonyl (C=O) groups is 4. The van der Waals surface area contributed by atoms with Gasteiger partial charge in [0.25, 0.3) is 11.8 Å². The van der Waals surface area contributed by atoms with Gasteiger partial charge in [-0.1, -0.05) is 17.4 Å². The first-order valence-corrected chi connectivity index (χ1v) is 13.5. The van der Waals surface area contributed by atoms with Gasteiger partial charge in [-0.3, -0.25) is 14.5 Å². The third-order valence-electron chi connectivity index (χ3n) is 5.89. The van der Waals surface area contributed by atoms with Gasteiger partial charge in [0.2, 0.25) is 6.10 Å². The quantitative estimate of drug-likeness (QED) is 0.102. The Morgan fingerprint density at radius 1 is 1.38 bits per heavy atom. The number of aliphatic carboxylic acids is 2. The molecule has 206 valence electrons. The van der Waals surface area contributed by atoms with Crippen LogP contribution in [0.5, 0.6) is 0 Å². The van der Waals surface area contributed by atoms with E-state index in [1.165, 1.54) is 24.1 Å². The molecule has 39 heavy (non-hydrogen) atoms. The topological polar surface area (TPSA) is 226 Å². The number of nitrogen functional groups attached to an aromatic ring is 1. The van der Waals surface area contributed by atoms with E-state index in [4.69, 9.17) is 33.6 Å². The van der Waals surface area contributed by atoms with Crippen molar-refractivity contribution in [2.45, 2.75) is 23.9 Å². The number of hydrogen-bond acceptors (Lipinski definition) is 14. The van der Waals surface area contributed by atoms with Gasteiger partial charge in [-0.15, -0.1) is 23.1 Å². The summed E-state index contributed by atoms with van der Waals surface area (Å²) in [6.45, 7) is 1.60. The van der Waals surface area contributed by atoms with Gasteiger partial charge in [-0.2, -0.15) is 0 Å². The van der Waals surface area contributed by atoms with Gasteiger partial charge in [0.05, 0.1) is 0 Å². The summed E-state index contributed by atoms with van der Waals surface area (Å²) in [4.78, 5) is 66.3. The number of amides is 2. The number of aliphatic imine (C=N–C) groups is 1. The van der Waals surface area contributed by atoms with Crippen molar-refractivity contribution < 1.29 is 34.2 Å². The summed E-state index contributed by atoms with van der Waals surface area (Å²) in [6, 6.07) is 0. The first-order valence-electron chi connectivity index (χ1n) is 11.1. The van der Waals surface area contributed by atoms with Crippen LogP contribution in [0.2, 0.25) is 0 Å². The highest BCUT2D eigenvalue weighted by Gasteiger charge is 2.65. The van der Waals surface area contributed by atoms with Crippen LogP contribution in [-0.2, 0) is 24.0 Å². The number of carbonyl (C=O) groups excluding carboxylic acids is 2. The minimum Gasteiger partial charge on any atom is -0.478 e. The number of oxime groups is 1. The molecule has 1 fully saturated rings. The van der Waals surface area contributed by atoms with Crippen LogP contribution in [0.3, 0.4) is 0 Å². The summed E-state index contributed by atoms with van der Waals surface area (Å²) < 4.78 is 0. The lowest BCUT2D eigenvalue weighted by Crippen LogP contribution is -2.81. The van der Waals surface area contributed by atoms with Crippen molar-refractivity contribution in [3.05, 3.63) is 34.2 Å². The predicted octanol–water partition coefficient (Wildman–Crippen LogP) is -0.828. The molecule has 0 aromatic carbocycles. The van der Waals surface area contributed by atoms with Gasteiger partial charge in [-0.25, -0.2) is 19.6 Å². The van der Waals surface area contributed by atoms with Crippen molar-refractivity contribution >= 4 is 81.1 Å². The van der Waals surface area contributed by atoms with Crippen LogP contribution in [-0.4, -0.2) is 102 Å². The molecule has 7 N–H and O–H groups in total. The third-order valence-corrected chi connectivity index (χ3v) is 8.29. The Morgan fingerprint density at radius 3 is 2.69 bits per heavy atom. The molecule has 18 heteroatoms. The predicted molar refractivity (Wildman–Crippen MR) is 146 cm³/mol. The summed E-state index contributed by atoms with van der Waals surface area (Å²) in [6.07, 6.45) is 0.269. The van der Waals surface area contributed by atoms with E-state index >= 15 is 0 Å². The molecule has 1 unspecified atom stereocenters. The number of carboxylic acid groups (broad SMARTS) is 2. The van der Waals surface area contributed by atoms with Crippen LogP contribution < -0.4 is 16.8 Å². The number of thioether (sulfide) groups is 1. The van der Waals surface area contributed by atoms with Crippen LogP contribution >= 0.6 is 35.3 Å². The van der Waals surface area contributed by atoms with E-state index in [1.54, 1.807) is 18.0 Å². The number of amidine groups is 1. The maximum atomic E-state index is 13.5. The third kappa shape index (κ3) is 4.92. The normalized spacial score (nSPS) is 23.7. The van der Waals surface area contributed by atoms with Gasteiger partial charge >= 0.3 is 11.9 Å². The van der Waals surface area contributed by atoms with E-state index < -0.39 is 46.5 Å². The Labute approximate surface area is 234 Å². The Hall–Kier alpha value is -4.03. The molecule has 1 aromatic heterocycles. The van der Waals surface area contributed by atoms with Crippen LogP contribution in [0.4, 0.5) is 5.13 Å². The summed E-state index contributed by atoms with van der Waals surface area (Å²) in [5, 5.41) is 27.0. The SMILES string of the molecule is C[C@H](O/N=C(\C(=O)NC1(C=S)C(=O)N2C(C(=O)O)=C(C3=NC(N)=CCN3C)CS[C@H]21)c1csc(N)n1)C(=O)O. The van der Waals surface area contributed by atoms with Crippen molar-refractivity contribution in [1.29, 1.82) is 0 Å². The summed E-state index contributed by atoms with van der Waals surface area (Å²) in [5.74, 6) is -3.80. The van der Waals surface area contributed by atoms with Crippen molar-refractivity contribution in [2.75, 3.05) is 25.1 Å². The lowest BCUT2D eigenvalue weighted by Gasteiger charge is -2.55. The highest BCUT2D eigenvalue weighted by Crippen LogP contribution is 2.46. The second kappa shape index (κ2) is 10.6. The van der Waals surface area contributed by atoms with E-state index in [9.17, 15) is 24.3 Å². The van der Waals surface area contributed by atoms with Gasteiger partial charge in [0.15, 0.2) is 16.4 Å². The van der Waals surface area contributed by atoms with Crippen LogP contribution in [0.15, 0.2) is 38.7 Å². The number of nitrogens with zero attached hydrogens (tertiary/aromatic N) is 5. The molecule has 0 saturated carbocycles. The number of hydrogen-bond donors (Lipinski definition) is 5. The molecule has 1 aromatic rings. The maximum absolute atomic E-state index is 13.5. The lowest BCUT2D eigenvalue weighted by molar-refractivity contribution is -0.153. The molecule has 3 atom stereocenters. The number of aromatic nitrogens is 1. The lowest BCUT2D eigenvalue weighted by atomic mass is 9.87. The monoisotopic (exact) mass is 594 g/mol. The van der Waals surface area contributed by atoms with Gasteiger partial charge in [-0.05, 0) is 13.0 Å². The molecule has 4 heterocycles. The van der Waals surface area contributed by atoms with Crippen LogP contribution in [0.1, 0.15) is 12.6 Å². The molecule has 0 bridgehead atoms. The molecule has 0 spiro atoms. The number of nitrogens with two attached hydrogens (primary N) is 2. The fraction of sp³-hybridized carbons (Fsp3) is 0.333. The van der Waals surface area contributed by atoms with E-state index in [0.717, 1.165) is 21.6 Å². The Kier molecular flexibility index (Phi) is 7.62. The first-order chi connectivity index (χ1) is 18.4. The highest BCUT2D eigenvalue weighted by molar-refractivity contribution is 8.00. The zero-order valence-electron chi connectivity index (χ0n) is 20.4. The number of nitrogens with one attached hydrogen (secondary N) is 1. The zero-order chi connectivity index (χ0) is 28.6. The highest BCUT2D eigenvalue weighted by atomic mass is 32.2. The Morgan fingerprint density at radius 2 is 2.10 bits per heavy atom. The van der Waals surface area contributed by atoms with Crippen LogP contribution in [0.25, 0.3) is 0 Å². The van der Waals surface area contributed by atoms with Gasteiger partial charge in [0.1, 0.15) is 28.4 Å². The molecule has 3 aliphatic heterocycles. The fourth-order valence-electron chi connectivity index (χ4n) is 3.90. The average molecular weight is 595 g/mol. The number of β-lactam (4-membered cyclic amide) rings is 1. The summed E-state index contributed by atoms with van der Waals surface area (Å²) >= 11 is 7.31. The molecule has 0 radical (unpaired) electrons. The maximum Gasteiger partial charge on any atom is 0.353 e. The fourth-order valence-corrected chi connectivity index (χ4v) is 6.25. The van der Waals surface area contributed by atoms with E-state index in [-0.39, 0.29) is 33.7 Å². The Balaban J connectivity index is 1.68. The van der Waals surface area contributed by atoms with E-state index in [2.05, 4.69) is 20.4 Å². The molecule has 2 amide bonds. The number of likely N-dealkylation sites (N-methyl/N-ethyl adjacent to an activating group) is 1. The number of thiocarbonyl (C=S) groups is 1. The van der Waals surface area contributed by atoms with E-state index in [0.29, 0.717) is 12.4 Å². The Bertz CT molecular complexity index is 1400. The standard InChI is InChI=1S/C21H22N8O7S3/c1-8(16(31)32)36-27-12(10-6-39-20(23)24-10)15(30)26-21(7-37)18(35)29-13(17(33)34)9(5-38-19(21)29)14-25-11(22)3-4-28(14)2/h3,6-8,19H,4-5,22H2,1-2H3,(H2,23,24)(H,26,30)(H,31,32)(H,33,34)/b27-12-/t8-,19-,21?/m0/s1. The number of fused-ring (bicyclic) bond motifs is 1. The van der Waals surface area contributed by atoms with Crippen molar-refractivity contribution in [3.8, 4) is 0 Å². The number of rotatable bonds is 9. The van der Waals surface area contributed by atoms with Gasteiger partial charge in [0, 0.05) is 35.7 Å². The minimum atomic E-state index is -1.79. The molecule has 3 aliphatic rings. The molecule has 1 saturated heterocycles. The van der Waals surface area contributed by atoms with Gasteiger partial charge < -0.3 is 36.7 Å². The van der Waals surface area contributed by atoms with Crippen molar-refractivity contribution in [1.82, 2.24) is 20.1 Å². The zero-order valence-corrected chi connectivity index (χ0v) is 22.8. The smallest absolute Gasteiger partial charge is 0.353 e. The van der Waals surface area contributed by atoms with Crippen LogP contribution in [0, 0.1) is 0 Å². The molecular weight excluding hydrogens is 572 g/mol. The largest absolute Gasteiger partial charge is 0.478 e. The number of thiazole rings is 1. The summed E-state index contributed by atoms with van der Waals surface area (Å²) in [7, 11) is 1.71. The summed E-state index contributed by atoms with van der Waals surface area (Å²) in [5.41, 5.74) is 9.23. The van der Waals surface area contributed by atoms with Crippen molar-refractivity contribution in [3.63, 3.8) is 0 Å². The second-order valence-electron chi connectivity index (χ2n) is 8.45. The first kappa shape index (κ1) is 28.0. The van der Waals surface area contributed by atoms with E-state index in [1.807, 2.05) is 0 Å². The van der Waals surface area contributed by atoms with Crippen molar-refractivity contribution in [2.24, 2.45) is 15.9 Å². The minimum absolute atomic E-state index is 0.0237. The molecule has 0 aliphatic carbocycles. The molecule has 15 nitrogen and oxygen atoms in total. The number of anilines is 1. The molecular formula is C21H22N8O7S3. The average Bonchev–Trinajstić information content (AvgIpc) is 3.32. The second-order valence-corrected chi connectivity index (χ2v) is 10.6. The molecule has 4 rings (SSSR count). The number of carboxylic acids is 2.